The first kappa shape index (κ1) is 24.1. The number of aryl methyl sites for hydroxylation is 1. The molecule has 33 heavy (non-hydrogen) atoms. The molecule has 0 unspecified atom stereocenters. The van der Waals surface area contributed by atoms with Gasteiger partial charge in [-0.1, -0.05) is 29.8 Å². The molecule has 3 aromatic carbocycles. The van der Waals surface area contributed by atoms with E-state index in [9.17, 15) is 13.2 Å². The summed E-state index contributed by atoms with van der Waals surface area (Å²) < 4.78 is 37.6. The second-order valence-electron chi connectivity index (χ2n) is 7.63. The molecule has 0 saturated carbocycles. The van der Waals surface area contributed by atoms with Crippen LogP contribution in [0.5, 0.6) is 11.5 Å². The summed E-state index contributed by atoms with van der Waals surface area (Å²) >= 11 is 0. The van der Waals surface area contributed by atoms with Crippen LogP contribution in [-0.2, 0) is 14.8 Å². The minimum absolute atomic E-state index is 0.155. The quantitative estimate of drug-likeness (QED) is 0.511. The number of nitrogens with zero attached hydrogens (tertiary/aromatic N) is 1. The van der Waals surface area contributed by atoms with Gasteiger partial charge in [0.05, 0.1) is 23.7 Å². The first-order valence-electron chi connectivity index (χ1n) is 10.4. The van der Waals surface area contributed by atoms with Crippen molar-refractivity contribution in [2.45, 2.75) is 24.8 Å². The van der Waals surface area contributed by atoms with Crippen molar-refractivity contribution >= 4 is 21.6 Å². The molecule has 0 fully saturated rings. The van der Waals surface area contributed by atoms with E-state index in [1.165, 1.54) is 11.4 Å². The molecule has 0 bridgehead atoms. The van der Waals surface area contributed by atoms with E-state index in [0.717, 1.165) is 16.9 Å². The van der Waals surface area contributed by atoms with Crippen molar-refractivity contribution in [3.05, 3.63) is 83.9 Å². The molecule has 0 heterocycles. The molecule has 0 radical (unpaired) electrons. The molecule has 0 aliphatic rings. The Kier molecular flexibility index (Phi) is 7.60. The van der Waals surface area contributed by atoms with E-state index in [2.05, 4.69) is 5.32 Å². The van der Waals surface area contributed by atoms with Gasteiger partial charge in [-0.3, -0.25) is 9.10 Å². The van der Waals surface area contributed by atoms with Crippen LogP contribution in [0.2, 0.25) is 0 Å². The Labute approximate surface area is 195 Å². The second-order valence-corrected chi connectivity index (χ2v) is 9.60. The molecule has 7 nitrogen and oxygen atoms in total. The number of amides is 1. The Balaban J connectivity index is 1.56. The van der Waals surface area contributed by atoms with Crippen molar-refractivity contribution < 1.29 is 22.7 Å². The van der Waals surface area contributed by atoms with Gasteiger partial charge in [-0.15, -0.1) is 0 Å². The molecule has 3 aromatic rings. The summed E-state index contributed by atoms with van der Waals surface area (Å²) in [5, 5.41) is 2.88. The van der Waals surface area contributed by atoms with Gasteiger partial charge in [-0.25, -0.2) is 8.42 Å². The van der Waals surface area contributed by atoms with Crippen LogP contribution in [0.1, 0.15) is 24.1 Å². The van der Waals surface area contributed by atoms with E-state index >= 15 is 0 Å². The Morgan fingerprint density at radius 2 is 1.52 bits per heavy atom. The topological polar surface area (TPSA) is 84.9 Å². The number of benzene rings is 3. The summed E-state index contributed by atoms with van der Waals surface area (Å²) in [6.07, 6.45) is 0. The molecule has 0 saturated heterocycles. The fourth-order valence-corrected chi connectivity index (χ4v) is 4.36. The maximum Gasteiger partial charge on any atom is 0.264 e. The monoisotopic (exact) mass is 468 g/mol. The number of carbonyl (C=O) groups is 1. The van der Waals surface area contributed by atoms with Crippen LogP contribution in [0.25, 0.3) is 0 Å². The molecule has 3 rings (SSSR count). The molecule has 1 amide bonds. The van der Waals surface area contributed by atoms with Crippen LogP contribution >= 0.6 is 0 Å². The number of hydrogen-bond acceptors (Lipinski definition) is 5. The summed E-state index contributed by atoms with van der Waals surface area (Å²) in [5.41, 5.74) is 2.42. The van der Waals surface area contributed by atoms with E-state index in [1.807, 2.05) is 38.1 Å². The van der Waals surface area contributed by atoms with Crippen LogP contribution in [0.15, 0.2) is 77.7 Å². The molecule has 0 aliphatic heterocycles. The zero-order valence-corrected chi connectivity index (χ0v) is 19.9. The molecular formula is C25H28N2O5S. The smallest absolute Gasteiger partial charge is 0.264 e. The van der Waals surface area contributed by atoms with Gasteiger partial charge in [0, 0.05) is 7.05 Å². The Morgan fingerprint density at radius 1 is 0.939 bits per heavy atom. The lowest BCUT2D eigenvalue weighted by Gasteiger charge is -2.20. The maximum absolute atomic E-state index is 12.8. The highest BCUT2D eigenvalue weighted by molar-refractivity contribution is 7.92. The lowest BCUT2D eigenvalue weighted by atomic mass is 10.1. The largest absolute Gasteiger partial charge is 0.497 e. The third-order valence-corrected chi connectivity index (χ3v) is 7.04. The van der Waals surface area contributed by atoms with E-state index in [0.29, 0.717) is 11.4 Å². The highest BCUT2D eigenvalue weighted by atomic mass is 32.2. The second kappa shape index (κ2) is 10.4. The van der Waals surface area contributed by atoms with Crippen LogP contribution in [0.3, 0.4) is 0 Å². The minimum atomic E-state index is -3.67. The number of ether oxygens (including phenoxy) is 2. The van der Waals surface area contributed by atoms with Crippen molar-refractivity contribution in [1.82, 2.24) is 5.32 Å². The third kappa shape index (κ3) is 6.04. The molecule has 174 valence electrons. The van der Waals surface area contributed by atoms with Crippen molar-refractivity contribution in [3.63, 3.8) is 0 Å². The molecule has 0 aromatic heterocycles. The highest BCUT2D eigenvalue weighted by Gasteiger charge is 2.21. The molecule has 1 atom stereocenters. The summed E-state index contributed by atoms with van der Waals surface area (Å²) in [7, 11) is -0.570. The number of hydrogen-bond donors (Lipinski definition) is 1. The number of sulfonamides is 1. The Bertz CT molecular complexity index is 1170. The van der Waals surface area contributed by atoms with E-state index in [-0.39, 0.29) is 23.5 Å². The zero-order valence-electron chi connectivity index (χ0n) is 19.1. The van der Waals surface area contributed by atoms with Gasteiger partial charge in [-0.05, 0) is 67.9 Å². The predicted octanol–water partition coefficient (Wildman–Crippen LogP) is 4.08. The van der Waals surface area contributed by atoms with Crippen LogP contribution in [-0.4, -0.2) is 35.1 Å². The zero-order chi connectivity index (χ0) is 24.0. The molecule has 8 heteroatoms. The first-order valence-corrected chi connectivity index (χ1v) is 11.9. The lowest BCUT2D eigenvalue weighted by molar-refractivity contribution is -0.123. The van der Waals surface area contributed by atoms with Crippen LogP contribution < -0.4 is 19.1 Å². The van der Waals surface area contributed by atoms with Crippen molar-refractivity contribution in [3.8, 4) is 11.5 Å². The fraction of sp³-hybridized carbons (Fsp3) is 0.240. The third-order valence-electron chi connectivity index (χ3n) is 5.24. The van der Waals surface area contributed by atoms with E-state index < -0.39 is 10.0 Å². The summed E-state index contributed by atoms with van der Waals surface area (Å²) in [6.45, 7) is 3.63. The number of carbonyl (C=O) groups excluding carboxylic acids is 1. The van der Waals surface area contributed by atoms with Crippen molar-refractivity contribution in [2.24, 2.45) is 0 Å². The SMILES string of the molecule is COc1ccc([C@@H](C)NC(=O)COc2ccc(N(C)S(=O)(=O)c3ccc(C)cc3)cc2)cc1. The number of rotatable bonds is 9. The van der Waals surface area contributed by atoms with Crippen LogP contribution in [0.4, 0.5) is 5.69 Å². The first-order chi connectivity index (χ1) is 15.7. The van der Waals surface area contributed by atoms with Crippen molar-refractivity contribution in [1.29, 1.82) is 0 Å². The van der Waals surface area contributed by atoms with Gasteiger partial charge >= 0.3 is 0 Å². The average molecular weight is 469 g/mol. The van der Waals surface area contributed by atoms with E-state index in [4.69, 9.17) is 9.47 Å². The number of methoxy groups -OCH3 is 1. The normalized spacial score (nSPS) is 12.0. The summed E-state index contributed by atoms with van der Waals surface area (Å²) in [6, 6.07) is 20.5. The Hall–Kier alpha value is -3.52. The molecular weight excluding hydrogens is 440 g/mol. The van der Waals surface area contributed by atoms with Gasteiger partial charge in [0.15, 0.2) is 6.61 Å². The van der Waals surface area contributed by atoms with Gasteiger partial charge in [-0.2, -0.15) is 0 Å². The maximum atomic E-state index is 12.8. The summed E-state index contributed by atoms with van der Waals surface area (Å²) in [5.74, 6) is 0.954. The Morgan fingerprint density at radius 3 is 2.09 bits per heavy atom. The molecule has 1 N–H and O–H groups in total. The number of nitrogens with one attached hydrogen (secondary N) is 1. The van der Waals surface area contributed by atoms with Gasteiger partial charge in [0.25, 0.3) is 15.9 Å². The van der Waals surface area contributed by atoms with Crippen molar-refractivity contribution in [2.75, 3.05) is 25.1 Å². The highest BCUT2D eigenvalue weighted by Crippen LogP contribution is 2.24. The molecule has 0 aliphatic carbocycles. The lowest BCUT2D eigenvalue weighted by Crippen LogP contribution is -2.31. The predicted molar refractivity (Wildman–Crippen MR) is 128 cm³/mol. The minimum Gasteiger partial charge on any atom is -0.497 e. The van der Waals surface area contributed by atoms with E-state index in [1.54, 1.807) is 55.6 Å². The standard InChI is InChI=1S/C25H28N2O5S/c1-18-5-15-24(16-6-18)33(29,30)27(3)21-9-13-23(14-10-21)32-17-25(28)26-19(2)20-7-11-22(31-4)12-8-20/h5-16,19H,17H2,1-4H3,(H,26,28)/t19-/m1/s1. The fourth-order valence-electron chi connectivity index (χ4n) is 3.17. The van der Waals surface area contributed by atoms with Crippen LogP contribution in [0, 0.1) is 6.92 Å². The van der Waals surface area contributed by atoms with Gasteiger partial charge in [0.2, 0.25) is 0 Å². The summed E-state index contributed by atoms with van der Waals surface area (Å²) in [4.78, 5) is 12.5. The number of anilines is 1. The van der Waals surface area contributed by atoms with Gasteiger partial charge < -0.3 is 14.8 Å². The average Bonchev–Trinajstić information content (AvgIpc) is 2.83. The molecule has 0 spiro atoms. The van der Waals surface area contributed by atoms with Gasteiger partial charge in [0.1, 0.15) is 11.5 Å².